The number of sulfonamides is 1. The number of hydrogen-bond donors (Lipinski definition) is 0. The summed E-state index contributed by atoms with van der Waals surface area (Å²) in [4.78, 5) is 14.4. The number of thioether (sulfide) groups is 1. The van der Waals surface area contributed by atoms with Crippen molar-refractivity contribution >= 4 is 61.9 Å². The van der Waals surface area contributed by atoms with Gasteiger partial charge in [0.05, 0.1) is 16.4 Å². The summed E-state index contributed by atoms with van der Waals surface area (Å²) in [6.45, 7) is 3.77. The van der Waals surface area contributed by atoms with Crippen LogP contribution < -0.4 is 4.74 Å². The molecular formula is C18H15ClN2O4S3. The Bertz CT molecular complexity index is 1070. The Balaban J connectivity index is 1.96. The van der Waals surface area contributed by atoms with Crippen LogP contribution in [0.15, 0.2) is 62.6 Å². The maximum Gasteiger partial charge on any atom is 0.294 e. The summed E-state index contributed by atoms with van der Waals surface area (Å²) in [6, 6.07) is 10.0. The molecule has 28 heavy (non-hydrogen) atoms. The molecule has 0 spiro atoms. The molecule has 3 rings (SSSR count). The number of methoxy groups -OCH3 is 1. The Morgan fingerprint density at radius 1 is 1.25 bits per heavy atom. The lowest BCUT2D eigenvalue weighted by atomic mass is 10.2. The Labute approximate surface area is 176 Å². The summed E-state index contributed by atoms with van der Waals surface area (Å²) in [5, 5.41) is 0.0779. The van der Waals surface area contributed by atoms with E-state index in [0.29, 0.717) is 15.0 Å². The molecule has 2 heterocycles. The third-order valence-electron chi connectivity index (χ3n) is 3.61. The third kappa shape index (κ3) is 4.49. The molecule has 0 unspecified atom stereocenters. The fourth-order valence-corrected chi connectivity index (χ4v) is 5.95. The van der Waals surface area contributed by atoms with Gasteiger partial charge in [-0.05, 0) is 47.7 Å². The van der Waals surface area contributed by atoms with Crippen LogP contribution in [0, 0.1) is 0 Å². The van der Waals surface area contributed by atoms with E-state index in [9.17, 15) is 13.2 Å². The quantitative estimate of drug-likeness (QED) is 0.481. The van der Waals surface area contributed by atoms with E-state index in [1.807, 2.05) is 0 Å². The molecule has 0 aliphatic carbocycles. The third-order valence-corrected chi connectivity index (χ3v) is 7.70. The Kier molecular flexibility index (Phi) is 6.29. The molecule has 0 saturated carbocycles. The van der Waals surface area contributed by atoms with Crippen LogP contribution in [0.25, 0.3) is 6.08 Å². The molecule has 10 heteroatoms. The molecule has 1 aliphatic heterocycles. The molecule has 1 amide bonds. The van der Waals surface area contributed by atoms with Crippen LogP contribution in [0.2, 0.25) is 4.34 Å². The van der Waals surface area contributed by atoms with E-state index in [1.165, 1.54) is 23.1 Å². The number of rotatable bonds is 6. The molecule has 2 aromatic rings. The number of nitrogens with zero attached hydrogens (tertiary/aromatic N) is 2. The monoisotopic (exact) mass is 454 g/mol. The fourth-order valence-electron chi connectivity index (χ4n) is 2.30. The maximum atomic E-state index is 12.7. The van der Waals surface area contributed by atoms with E-state index in [4.69, 9.17) is 16.3 Å². The molecule has 1 aromatic carbocycles. The van der Waals surface area contributed by atoms with Crippen molar-refractivity contribution in [3.8, 4) is 5.75 Å². The molecule has 1 fully saturated rings. The molecule has 1 aliphatic rings. The second-order valence-electron chi connectivity index (χ2n) is 5.50. The van der Waals surface area contributed by atoms with Crippen LogP contribution in [-0.2, 0) is 14.8 Å². The molecule has 0 radical (unpaired) electrons. The SMILES string of the molecule is C=CCN1C(=O)/C(=C/c2ccc(OC)cc2)S/C1=N/S(=O)(=O)c1ccc(Cl)s1. The van der Waals surface area contributed by atoms with Gasteiger partial charge in [0, 0.05) is 6.54 Å². The van der Waals surface area contributed by atoms with Crippen molar-refractivity contribution in [1.29, 1.82) is 0 Å². The molecule has 1 saturated heterocycles. The van der Waals surface area contributed by atoms with Crippen LogP contribution in [0.4, 0.5) is 0 Å². The zero-order chi connectivity index (χ0) is 20.3. The highest BCUT2D eigenvalue weighted by atomic mass is 35.5. The molecule has 0 N–H and O–H groups in total. The summed E-state index contributed by atoms with van der Waals surface area (Å²) < 4.78 is 34.4. The van der Waals surface area contributed by atoms with Gasteiger partial charge in [-0.2, -0.15) is 8.42 Å². The van der Waals surface area contributed by atoms with E-state index in [-0.39, 0.29) is 21.8 Å². The Morgan fingerprint density at radius 3 is 2.54 bits per heavy atom. The van der Waals surface area contributed by atoms with Crippen LogP contribution in [0.3, 0.4) is 0 Å². The molecular weight excluding hydrogens is 440 g/mol. The van der Waals surface area contributed by atoms with Gasteiger partial charge in [0.15, 0.2) is 5.17 Å². The first-order valence-corrected chi connectivity index (χ1v) is 11.4. The minimum Gasteiger partial charge on any atom is -0.497 e. The van der Waals surface area contributed by atoms with Crippen molar-refractivity contribution in [2.75, 3.05) is 13.7 Å². The number of thiophene rings is 1. The number of halogens is 1. The summed E-state index contributed by atoms with van der Waals surface area (Å²) in [6.07, 6.45) is 3.19. The molecule has 6 nitrogen and oxygen atoms in total. The van der Waals surface area contributed by atoms with E-state index in [0.717, 1.165) is 28.7 Å². The number of carbonyl (C=O) groups excluding carboxylic acids is 1. The molecule has 146 valence electrons. The normalized spacial score (nSPS) is 17.5. The summed E-state index contributed by atoms with van der Waals surface area (Å²) in [5.74, 6) is 0.364. The standard InChI is InChI=1S/C18H15ClN2O4S3/c1-3-10-21-17(22)14(11-12-4-6-13(25-2)7-5-12)26-18(21)20-28(23,24)16-9-8-15(19)27-16/h3-9,11H,1,10H2,2H3/b14-11-,20-18+. The number of ether oxygens (including phenoxy) is 1. The Morgan fingerprint density at radius 2 is 1.96 bits per heavy atom. The van der Waals surface area contributed by atoms with Crippen molar-refractivity contribution in [2.45, 2.75) is 4.21 Å². The van der Waals surface area contributed by atoms with Gasteiger partial charge >= 0.3 is 0 Å². The van der Waals surface area contributed by atoms with Crippen LogP contribution in [0.1, 0.15) is 5.56 Å². The first-order valence-electron chi connectivity index (χ1n) is 7.90. The minimum absolute atomic E-state index is 0.0178. The average Bonchev–Trinajstić information content (AvgIpc) is 3.22. The summed E-state index contributed by atoms with van der Waals surface area (Å²) >= 11 is 7.74. The number of hydrogen-bond acceptors (Lipinski definition) is 6. The van der Waals surface area contributed by atoms with E-state index >= 15 is 0 Å². The van der Waals surface area contributed by atoms with Crippen LogP contribution in [-0.4, -0.2) is 38.0 Å². The average molecular weight is 455 g/mol. The van der Waals surface area contributed by atoms with Gasteiger partial charge in [-0.25, -0.2) is 0 Å². The highest BCUT2D eigenvalue weighted by Crippen LogP contribution is 2.35. The van der Waals surface area contributed by atoms with Gasteiger partial charge in [-0.3, -0.25) is 9.69 Å². The van der Waals surface area contributed by atoms with Crippen molar-refractivity contribution in [3.63, 3.8) is 0 Å². The first-order chi connectivity index (χ1) is 13.3. The summed E-state index contributed by atoms with van der Waals surface area (Å²) in [7, 11) is -2.40. The van der Waals surface area contributed by atoms with Gasteiger partial charge in [-0.1, -0.05) is 29.8 Å². The van der Waals surface area contributed by atoms with Crippen LogP contribution >= 0.6 is 34.7 Å². The zero-order valence-corrected chi connectivity index (χ0v) is 17.9. The fraction of sp³-hybridized carbons (Fsp3) is 0.111. The topological polar surface area (TPSA) is 76.0 Å². The van der Waals surface area contributed by atoms with Crippen LogP contribution in [0.5, 0.6) is 5.75 Å². The highest BCUT2D eigenvalue weighted by Gasteiger charge is 2.34. The molecule has 0 bridgehead atoms. The maximum absolute atomic E-state index is 12.7. The number of amidine groups is 1. The van der Waals surface area contributed by atoms with Gasteiger partial charge in [0.2, 0.25) is 0 Å². The van der Waals surface area contributed by atoms with E-state index in [2.05, 4.69) is 11.0 Å². The predicted molar refractivity (Wildman–Crippen MR) is 114 cm³/mol. The minimum atomic E-state index is -3.97. The summed E-state index contributed by atoms with van der Waals surface area (Å²) in [5.41, 5.74) is 0.782. The number of carbonyl (C=O) groups is 1. The van der Waals surface area contributed by atoms with Gasteiger partial charge in [0.25, 0.3) is 15.9 Å². The lowest BCUT2D eigenvalue weighted by Gasteiger charge is -2.12. The lowest BCUT2D eigenvalue weighted by molar-refractivity contribution is -0.121. The largest absolute Gasteiger partial charge is 0.497 e. The van der Waals surface area contributed by atoms with E-state index in [1.54, 1.807) is 37.5 Å². The van der Waals surface area contributed by atoms with Gasteiger partial charge in [0.1, 0.15) is 9.96 Å². The van der Waals surface area contributed by atoms with Crippen molar-refractivity contribution in [1.82, 2.24) is 4.90 Å². The second-order valence-corrected chi connectivity index (χ2v) is 10.1. The first kappa shape index (κ1) is 20.7. The Hall–Kier alpha value is -2.07. The van der Waals surface area contributed by atoms with E-state index < -0.39 is 10.0 Å². The van der Waals surface area contributed by atoms with Gasteiger partial charge in [-0.15, -0.1) is 22.3 Å². The molecule has 0 atom stereocenters. The molecule has 1 aromatic heterocycles. The number of amides is 1. The van der Waals surface area contributed by atoms with Gasteiger partial charge < -0.3 is 4.74 Å². The van der Waals surface area contributed by atoms with Crippen molar-refractivity contribution in [3.05, 3.63) is 63.9 Å². The van der Waals surface area contributed by atoms with Crippen molar-refractivity contribution in [2.24, 2.45) is 4.40 Å². The second kappa shape index (κ2) is 8.52. The highest BCUT2D eigenvalue weighted by molar-refractivity contribution is 8.19. The lowest BCUT2D eigenvalue weighted by Crippen LogP contribution is -2.29. The smallest absolute Gasteiger partial charge is 0.294 e. The predicted octanol–water partition coefficient (Wildman–Crippen LogP) is 4.26. The number of benzene rings is 1. The van der Waals surface area contributed by atoms with Crippen molar-refractivity contribution < 1.29 is 17.9 Å². The zero-order valence-electron chi connectivity index (χ0n) is 14.7.